The van der Waals surface area contributed by atoms with Crippen LogP contribution in [0.2, 0.25) is 5.02 Å². The van der Waals surface area contributed by atoms with Crippen LogP contribution in [0.25, 0.3) is 0 Å². The molecule has 1 heterocycles. The van der Waals surface area contributed by atoms with Gasteiger partial charge in [-0.1, -0.05) is 24.4 Å². The van der Waals surface area contributed by atoms with E-state index in [1.54, 1.807) is 12.1 Å². The molecule has 124 valence electrons. The fourth-order valence-corrected chi connectivity index (χ4v) is 2.89. The van der Waals surface area contributed by atoms with Gasteiger partial charge in [-0.05, 0) is 30.0 Å². The molecule has 1 aromatic carbocycles. The van der Waals surface area contributed by atoms with Crippen molar-refractivity contribution in [1.29, 1.82) is 0 Å². The minimum atomic E-state index is -0.995. The Labute approximate surface area is 138 Å². The summed E-state index contributed by atoms with van der Waals surface area (Å²) in [5.74, 6) is 0.0786. The van der Waals surface area contributed by atoms with E-state index in [-0.39, 0.29) is 12.3 Å². The summed E-state index contributed by atoms with van der Waals surface area (Å²) in [6, 6.07) is 2.52. The van der Waals surface area contributed by atoms with Gasteiger partial charge in [0.25, 0.3) is 0 Å². The van der Waals surface area contributed by atoms with Crippen molar-refractivity contribution in [2.24, 2.45) is 5.92 Å². The maximum atomic E-state index is 12.1. The van der Waals surface area contributed by atoms with Crippen molar-refractivity contribution in [2.75, 3.05) is 13.2 Å². The Hall–Kier alpha value is -1.95. The third kappa shape index (κ3) is 4.07. The van der Waals surface area contributed by atoms with Gasteiger partial charge in [-0.15, -0.1) is 0 Å². The third-order valence-corrected chi connectivity index (χ3v) is 4.20. The number of ether oxygens (including phenoxy) is 2. The maximum Gasteiger partial charge on any atom is 0.326 e. The zero-order chi connectivity index (χ0) is 16.4. The van der Waals surface area contributed by atoms with E-state index >= 15 is 0 Å². The van der Waals surface area contributed by atoms with E-state index in [9.17, 15) is 14.7 Å². The molecule has 6 nitrogen and oxygen atoms in total. The van der Waals surface area contributed by atoms with Crippen molar-refractivity contribution in [3.8, 4) is 11.5 Å². The van der Waals surface area contributed by atoms with Crippen molar-refractivity contribution in [2.45, 2.75) is 31.7 Å². The van der Waals surface area contributed by atoms with E-state index in [0.29, 0.717) is 47.6 Å². The Morgan fingerprint density at radius 2 is 2.04 bits per heavy atom. The molecule has 7 heteroatoms. The highest BCUT2D eigenvalue weighted by Crippen LogP contribution is 2.38. The summed E-state index contributed by atoms with van der Waals surface area (Å²) in [7, 11) is 0. The van der Waals surface area contributed by atoms with Crippen molar-refractivity contribution in [3.63, 3.8) is 0 Å². The summed E-state index contributed by atoms with van der Waals surface area (Å²) in [6.45, 7) is 0.871. The van der Waals surface area contributed by atoms with Crippen LogP contribution < -0.4 is 14.8 Å². The van der Waals surface area contributed by atoms with Gasteiger partial charge in [0.15, 0.2) is 11.5 Å². The number of rotatable bonds is 6. The molecule has 0 bridgehead atoms. The lowest BCUT2D eigenvalue weighted by Crippen LogP contribution is -2.41. The lowest BCUT2D eigenvalue weighted by atomic mass is 10.1. The highest BCUT2D eigenvalue weighted by Gasteiger charge is 2.30. The van der Waals surface area contributed by atoms with Crippen LogP contribution in [0.3, 0.4) is 0 Å². The molecule has 0 aromatic heterocycles. The number of fused-ring (bicyclic) bond motifs is 1. The van der Waals surface area contributed by atoms with Gasteiger partial charge in [0.05, 0.1) is 11.4 Å². The molecule has 1 amide bonds. The lowest BCUT2D eigenvalue weighted by Gasteiger charge is -2.20. The van der Waals surface area contributed by atoms with Crippen molar-refractivity contribution in [1.82, 2.24) is 5.32 Å². The van der Waals surface area contributed by atoms with E-state index in [4.69, 9.17) is 21.1 Å². The molecular formula is C16H18ClNO5. The van der Waals surface area contributed by atoms with Crippen LogP contribution in [0.5, 0.6) is 11.5 Å². The summed E-state index contributed by atoms with van der Waals surface area (Å²) < 4.78 is 10.9. The number of benzene rings is 1. The Bertz CT molecular complexity index is 629. The first-order valence-corrected chi connectivity index (χ1v) is 8.01. The van der Waals surface area contributed by atoms with Gasteiger partial charge in [-0.25, -0.2) is 4.79 Å². The van der Waals surface area contributed by atoms with Crippen molar-refractivity contribution < 1.29 is 24.2 Å². The number of carboxylic acids is 1. The Balaban J connectivity index is 1.64. The summed E-state index contributed by atoms with van der Waals surface area (Å²) in [5.41, 5.74) is 0.660. The Morgan fingerprint density at radius 3 is 2.74 bits per heavy atom. The van der Waals surface area contributed by atoms with Gasteiger partial charge in [-0.3, -0.25) is 4.79 Å². The van der Waals surface area contributed by atoms with E-state index in [0.717, 1.165) is 12.8 Å². The van der Waals surface area contributed by atoms with Gasteiger partial charge in [0.1, 0.15) is 19.3 Å². The number of aliphatic carboxylic acids is 1. The molecule has 1 atom stereocenters. The van der Waals surface area contributed by atoms with Gasteiger partial charge < -0.3 is 19.9 Å². The molecule has 2 N–H and O–H groups in total. The topological polar surface area (TPSA) is 84.9 Å². The summed E-state index contributed by atoms with van der Waals surface area (Å²) in [4.78, 5) is 23.3. The predicted octanol–water partition coefficient (Wildman–Crippen LogP) is 2.02. The first kappa shape index (κ1) is 15.9. The summed E-state index contributed by atoms with van der Waals surface area (Å²) >= 11 is 6.13. The van der Waals surface area contributed by atoms with Crippen LogP contribution in [0.15, 0.2) is 12.1 Å². The molecule has 3 rings (SSSR count). The van der Waals surface area contributed by atoms with Crippen LogP contribution in [0, 0.1) is 5.92 Å². The molecule has 1 unspecified atom stereocenters. The van der Waals surface area contributed by atoms with Crippen LogP contribution in [0.4, 0.5) is 0 Å². The number of amides is 1. The van der Waals surface area contributed by atoms with Gasteiger partial charge in [-0.2, -0.15) is 0 Å². The standard InChI is InChI=1S/C16H18ClNO5/c17-11-5-10(7-13-15(11)23-4-3-22-13)8-14(19)18-12(16(20)21)6-9-1-2-9/h5,7,9,12H,1-4,6,8H2,(H,18,19)(H,20,21). The minimum Gasteiger partial charge on any atom is -0.486 e. The number of carbonyl (C=O) groups is 2. The fourth-order valence-electron chi connectivity index (χ4n) is 2.61. The monoisotopic (exact) mass is 339 g/mol. The Kier molecular flexibility index (Phi) is 4.61. The second-order valence-corrected chi connectivity index (χ2v) is 6.32. The van der Waals surface area contributed by atoms with Crippen molar-refractivity contribution >= 4 is 23.5 Å². The maximum absolute atomic E-state index is 12.1. The molecule has 1 saturated carbocycles. The number of hydrogen-bond donors (Lipinski definition) is 2. The molecule has 1 fully saturated rings. The predicted molar refractivity (Wildman–Crippen MR) is 83.1 cm³/mol. The van der Waals surface area contributed by atoms with Crippen LogP contribution in [-0.2, 0) is 16.0 Å². The molecule has 1 aliphatic heterocycles. The number of carboxylic acid groups (broad SMARTS) is 1. The molecule has 1 aliphatic carbocycles. The highest BCUT2D eigenvalue weighted by atomic mass is 35.5. The molecular weight excluding hydrogens is 322 g/mol. The number of carbonyl (C=O) groups excluding carboxylic acids is 1. The van der Waals surface area contributed by atoms with Crippen molar-refractivity contribution in [3.05, 3.63) is 22.7 Å². The molecule has 23 heavy (non-hydrogen) atoms. The second kappa shape index (κ2) is 6.66. The third-order valence-electron chi connectivity index (χ3n) is 3.92. The lowest BCUT2D eigenvalue weighted by molar-refractivity contribution is -0.142. The minimum absolute atomic E-state index is 0.0464. The zero-order valence-corrected chi connectivity index (χ0v) is 13.3. The summed E-state index contributed by atoms with van der Waals surface area (Å²) in [6.07, 6.45) is 2.61. The van der Waals surface area contributed by atoms with Crippen LogP contribution in [-0.4, -0.2) is 36.2 Å². The van der Waals surface area contributed by atoms with Gasteiger partial charge in [0, 0.05) is 0 Å². The number of halogens is 1. The number of hydrogen-bond acceptors (Lipinski definition) is 4. The van der Waals surface area contributed by atoms with Gasteiger partial charge in [0.2, 0.25) is 5.91 Å². The molecule has 2 aliphatic rings. The molecule has 1 aromatic rings. The normalized spacial score (nSPS) is 17.4. The molecule has 0 radical (unpaired) electrons. The second-order valence-electron chi connectivity index (χ2n) is 5.92. The largest absolute Gasteiger partial charge is 0.486 e. The highest BCUT2D eigenvalue weighted by molar-refractivity contribution is 6.32. The smallest absolute Gasteiger partial charge is 0.326 e. The van der Waals surface area contributed by atoms with Crippen LogP contribution >= 0.6 is 11.6 Å². The van der Waals surface area contributed by atoms with E-state index in [2.05, 4.69) is 5.32 Å². The average molecular weight is 340 g/mol. The van der Waals surface area contributed by atoms with Crippen LogP contribution in [0.1, 0.15) is 24.8 Å². The zero-order valence-electron chi connectivity index (χ0n) is 12.5. The summed E-state index contributed by atoms with van der Waals surface area (Å²) in [5, 5.41) is 12.2. The van der Waals surface area contributed by atoms with E-state index in [1.807, 2.05) is 0 Å². The van der Waals surface area contributed by atoms with Gasteiger partial charge >= 0.3 is 5.97 Å². The van der Waals surface area contributed by atoms with E-state index < -0.39 is 12.0 Å². The first-order valence-electron chi connectivity index (χ1n) is 7.63. The van der Waals surface area contributed by atoms with E-state index in [1.165, 1.54) is 0 Å². The fraction of sp³-hybridized carbons (Fsp3) is 0.500. The molecule has 0 spiro atoms. The quantitative estimate of drug-likeness (QED) is 0.828. The average Bonchev–Trinajstić information content (AvgIpc) is 3.30. The SMILES string of the molecule is O=C(Cc1cc(Cl)c2c(c1)OCCO2)NC(CC1CC1)C(=O)O. The number of nitrogens with one attached hydrogen (secondary N) is 1. The molecule has 0 saturated heterocycles. The Morgan fingerprint density at radius 1 is 1.30 bits per heavy atom. The first-order chi connectivity index (χ1) is 11.0.